The molecule has 1 fully saturated rings. The maximum Gasteiger partial charge on any atom is 0.309 e. The number of ether oxygens (including phenoxy) is 1. The molecule has 1 unspecified atom stereocenters. The number of hydrogen-bond donors (Lipinski definition) is 0. The molecule has 3 aromatic carbocycles. The van der Waals surface area contributed by atoms with Crippen LogP contribution in [-0.2, 0) is 22.4 Å². The van der Waals surface area contributed by atoms with Gasteiger partial charge in [-0.3, -0.25) is 4.79 Å². The Hall–Kier alpha value is -3.13. The summed E-state index contributed by atoms with van der Waals surface area (Å²) in [5.41, 5.74) is 11.9. The van der Waals surface area contributed by atoms with Gasteiger partial charge in [0.05, 0.1) is 13.0 Å². The van der Waals surface area contributed by atoms with E-state index >= 15 is 0 Å². The molecule has 4 rings (SSSR count). The monoisotopic (exact) mass is 438 g/mol. The lowest BCUT2D eigenvalue weighted by Crippen LogP contribution is -2.04. The van der Waals surface area contributed by atoms with Crippen LogP contribution in [0.1, 0.15) is 57.7 Å². The van der Waals surface area contributed by atoms with E-state index in [9.17, 15) is 4.79 Å². The van der Waals surface area contributed by atoms with Crippen LogP contribution in [0.2, 0.25) is 0 Å². The van der Waals surface area contributed by atoms with Crippen LogP contribution in [0.25, 0.3) is 17.2 Å². The van der Waals surface area contributed by atoms with Crippen molar-refractivity contribution in [3.05, 3.63) is 100 Å². The van der Waals surface area contributed by atoms with E-state index in [2.05, 4.69) is 81.9 Å². The third-order valence-corrected chi connectivity index (χ3v) is 7.17. The lowest BCUT2D eigenvalue weighted by Gasteiger charge is -2.16. The summed E-state index contributed by atoms with van der Waals surface area (Å²) in [5, 5.41) is 0. The first-order valence-corrected chi connectivity index (χ1v) is 11.9. The number of hydrogen-bond acceptors (Lipinski definition) is 2. The van der Waals surface area contributed by atoms with Crippen molar-refractivity contribution in [3.8, 4) is 11.1 Å². The molecule has 2 atom stereocenters. The lowest BCUT2D eigenvalue weighted by atomic mass is 9.89. The molecule has 0 aliphatic heterocycles. The third-order valence-electron chi connectivity index (χ3n) is 7.17. The molecule has 3 aromatic rings. The van der Waals surface area contributed by atoms with Crippen LogP contribution >= 0.6 is 0 Å². The van der Waals surface area contributed by atoms with E-state index < -0.39 is 0 Å². The number of aryl methyl sites for hydroxylation is 4. The Bertz CT molecular complexity index is 1170. The van der Waals surface area contributed by atoms with Crippen molar-refractivity contribution in [2.75, 3.05) is 7.11 Å². The zero-order valence-electron chi connectivity index (χ0n) is 20.3. The van der Waals surface area contributed by atoms with E-state index in [-0.39, 0.29) is 17.8 Å². The minimum atomic E-state index is -0.0995. The fraction of sp³-hybridized carbons (Fsp3) is 0.323. The molecule has 0 bridgehead atoms. The Labute approximate surface area is 198 Å². The average molecular weight is 439 g/mol. The molecule has 33 heavy (non-hydrogen) atoms. The van der Waals surface area contributed by atoms with Gasteiger partial charge < -0.3 is 4.74 Å². The lowest BCUT2D eigenvalue weighted by molar-refractivity contribution is -0.142. The van der Waals surface area contributed by atoms with E-state index in [0.717, 1.165) is 31.2 Å². The van der Waals surface area contributed by atoms with E-state index in [0.29, 0.717) is 0 Å². The number of methoxy groups -OCH3 is 1. The molecule has 1 saturated carbocycles. The molecule has 1 aliphatic rings. The first-order chi connectivity index (χ1) is 15.9. The second kappa shape index (κ2) is 9.79. The number of carbonyl (C=O) groups is 1. The van der Waals surface area contributed by atoms with E-state index in [1.54, 1.807) is 0 Å². The smallest absolute Gasteiger partial charge is 0.309 e. The Morgan fingerprint density at radius 3 is 2.45 bits per heavy atom. The molecule has 2 nitrogen and oxygen atoms in total. The number of carbonyl (C=O) groups excluding carboxylic acids is 1. The van der Waals surface area contributed by atoms with Gasteiger partial charge in [-0.1, -0.05) is 67.3 Å². The average Bonchev–Trinajstić information content (AvgIpc) is 3.61. The van der Waals surface area contributed by atoms with E-state index in [1.165, 1.54) is 51.6 Å². The Kier molecular flexibility index (Phi) is 6.83. The van der Waals surface area contributed by atoms with Crippen LogP contribution in [0.15, 0.2) is 61.2 Å². The van der Waals surface area contributed by atoms with Crippen LogP contribution in [0.4, 0.5) is 0 Å². The van der Waals surface area contributed by atoms with Gasteiger partial charge in [0.1, 0.15) is 0 Å². The van der Waals surface area contributed by atoms with Crippen LogP contribution < -0.4 is 0 Å². The minimum absolute atomic E-state index is 0.00619. The number of esters is 1. The highest BCUT2D eigenvalue weighted by Gasteiger charge is 2.45. The molecule has 0 saturated heterocycles. The molecule has 2 heteroatoms. The van der Waals surface area contributed by atoms with Crippen molar-refractivity contribution in [2.24, 2.45) is 5.92 Å². The fourth-order valence-corrected chi connectivity index (χ4v) is 5.19. The van der Waals surface area contributed by atoms with Gasteiger partial charge in [-0.2, -0.15) is 0 Å². The predicted octanol–water partition coefficient (Wildman–Crippen LogP) is 7.37. The largest absolute Gasteiger partial charge is 0.469 e. The van der Waals surface area contributed by atoms with Crippen molar-refractivity contribution in [3.63, 3.8) is 0 Å². The summed E-state index contributed by atoms with van der Waals surface area (Å²) in [4.78, 5) is 11.8. The standard InChI is InChI=1S/C31H34O2/c1-6-24-18-23(16-17-27(24)28-19-29(28)31(32)33-5)12-8-13-25-14-9-15-26(22(25)4)30-20(2)10-7-11-21(30)3/h6-7,9-11,14-18,28-29H,1,8,12-13,19H2,2-5H3/t28?,29-/m0/s1. The SMILES string of the molecule is C=Cc1cc(CCCc2cccc(-c3c(C)cccc3C)c2C)ccc1C1C[C@@H]1C(=O)OC. The van der Waals surface area contributed by atoms with Gasteiger partial charge >= 0.3 is 5.97 Å². The molecule has 0 spiro atoms. The summed E-state index contributed by atoms with van der Waals surface area (Å²) in [6, 6.07) is 19.9. The highest BCUT2D eigenvalue weighted by Crippen LogP contribution is 2.49. The van der Waals surface area contributed by atoms with Crippen molar-refractivity contribution in [1.82, 2.24) is 0 Å². The summed E-state index contributed by atoms with van der Waals surface area (Å²) in [6.07, 6.45) is 5.98. The normalized spacial score (nSPS) is 17.0. The number of benzene rings is 3. The molecule has 0 radical (unpaired) electrons. The summed E-state index contributed by atoms with van der Waals surface area (Å²) in [5.74, 6) is 0.180. The van der Waals surface area contributed by atoms with Gasteiger partial charge in [-0.25, -0.2) is 0 Å². The highest BCUT2D eigenvalue weighted by molar-refractivity contribution is 5.78. The Balaban J connectivity index is 1.45. The number of rotatable bonds is 8. The van der Waals surface area contributed by atoms with Gasteiger partial charge in [-0.05, 0) is 102 Å². The second-order valence-corrected chi connectivity index (χ2v) is 9.35. The molecule has 0 heterocycles. The summed E-state index contributed by atoms with van der Waals surface area (Å²) < 4.78 is 4.91. The topological polar surface area (TPSA) is 26.3 Å². The van der Waals surface area contributed by atoms with Crippen molar-refractivity contribution in [2.45, 2.75) is 52.4 Å². The first kappa shape index (κ1) is 23.0. The van der Waals surface area contributed by atoms with Crippen molar-refractivity contribution >= 4 is 12.0 Å². The van der Waals surface area contributed by atoms with Gasteiger partial charge in [0.15, 0.2) is 0 Å². The zero-order chi connectivity index (χ0) is 23.5. The molecule has 170 valence electrons. The summed E-state index contributed by atoms with van der Waals surface area (Å²) in [6.45, 7) is 10.7. The van der Waals surface area contributed by atoms with Crippen molar-refractivity contribution < 1.29 is 9.53 Å². The van der Waals surface area contributed by atoms with Gasteiger partial charge in [0.25, 0.3) is 0 Å². The van der Waals surface area contributed by atoms with Crippen LogP contribution in [-0.4, -0.2) is 13.1 Å². The van der Waals surface area contributed by atoms with Crippen LogP contribution in [0, 0.1) is 26.7 Å². The maximum atomic E-state index is 11.8. The highest BCUT2D eigenvalue weighted by atomic mass is 16.5. The zero-order valence-corrected chi connectivity index (χ0v) is 20.3. The molecule has 0 N–H and O–H groups in total. The molecular weight excluding hydrogens is 404 g/mol. The van der Waals surface area contributed by atoms with E-state index in [4.69, 9.17) is 4.74 Å². The summed E-state index contributed by atoms with van der Waals surface area (Å²) >= 11 is 0. The molecule has 0 aromatic heterocycles. The minimum Gasteiger partial charge on any atom is -0.469 e. The second-order valence-electron chi connectivity index (χ2n) is 9.35. The van der Waals surface area contributed by atoms with E-state index in [1.807, 2.05) is 6.08 Å². The van der Waals surface area contributed by atoms with Crippen LogP contribution in [0.5, 0.6) is 0 Å². The fourth-order valence-electron chi connectivity index (χ4n) is 5.19. The van der Waals surface area contributed by atoms with Crippen LogP contribution in [0.3, 0.4) is 0 Å². The first-order valence-electron chi connectivity index (χ1n) is 11.9. The third kappa shape index (κ3) is 4.80. The van der Waals surface area contributed by atoms with Gasteiger partial charge in [0.2, 0.25) is 0 Å². The Morgan fingerprint density at radius 1 is 1.03 bits per heavy atom. The maximum absolute atomic E-state index is 11.8. The summed E-state index contributed by atoms with van der Waals surface area (Å²) in [7, 11) is 1.47. The van der Waals surface area contributed by atoms with Gasteiger partial charge in [0, 0.05) is 0 Å². The predicted molar refractivity (Wildman–Crippen MR) is 138 cm³/mol. The van der Waals surface area contributed by atoms with Crippen molar-refractivity contribution in [1.29, 1.82) is 0 Å². The Morgan fingerprint density at radius 2 is 1.76 bits per heavy atom. The molecule has 0 amide bonds. The van der Waals surface area contributed by atoms with Gasteiger partial charge in [-0.15, -0.1) is 0 Å². The quantitative estimate of drug-likeness (QED) is 0.343. The molecular formula is C31H34O2. The molecule has 1 aliphatic carbocycles.